The highest BCUT2D eigenvalue weighted by molar-refractivity contribution is 9.10. The summed E-state index contributed by atoms with van der Waals surface area (Å²) in [5, 5.41) is 27.9. The molecule has 4 rings (SSSR count). The Morgan fingerprint density at radius 3 is 2.79 bits per heavy atom. The van der Waals surface area contributed by atoms with Crippen molar-refractivity contribution < 1.29 is 9.66 Å². The van der Waals surface area contributed by atoms with Gasteiger partial charge in [0.05, 0.1) is 22.1 Å². The molecule has 0 fully saturated rings. The molecule has 0 saturated carbocycles. The largest absolute Gasteiger partial charge is 0.420 e. The Morgan fingerprint density at radius 2 is 2.07 bits per heavy atom. The Hall–Kier alpha value is -3.64. The van der Waals surface area contributed by atoms with Crippen molar-refractivity contribution in [3.63, 3.8) is 0 Å². The summed E-state index contributed by atoms with van der Waals surface area (Å²) in [4.78, 5) is 10.7. The van der Waals surface area contributed by atoms with Gasteiger partial charge in [0.1, 0.15) is 11.6 Å². The van der Waals surface area contributed by atoms with Crippen LogP contribution in [-0.4, -0.2) is 15.1 Å². The fourth-order valence-electron chi connectivity index (χ4n) is 3.26. The fourth-order valence-corrected chi connectivity index (χ4v) is 3.77. The number of fused-ring (bicyclic) bond motifs is 1. The number of allylic oxidation sites excluding steroid dienone is 1. The maximum Gasteiger partial charge on any atom is 0.270 e. The summed E-state index contributed by atoms with van der Waals surface area (Å²) in [7, 11) is 0. The van der Waals surface area contributed by atoms with Crippen molar-refractivity contribution in [2.24, 2.45) is 5.73 Å². The predicted octanol–water partition coefficient (Wildman–Crippen LogP) is 3.97. The number of nitriles is 1. The van der Waals surface area contributed by atoms with E-state index in [2.05, 4.69) is 32.2 Å². The number of aromatic nitrogens is 2. The third-order valence-electron chi connectivity index (χ3n) is 4.50. The van der Waals surface area contributed by atoms with Gasteiger partial charge in [-0.3, -0.25) is 15.2 Å². The van der Waals surface area contributed by atoms with Gasteiger partial charge < -0.3 is 10.5 Å². The van der Waals surface area contributed by atoms with Crippen molar-refractivity contribution in [2.45, 2.75) is 5.92 Å². The number of nitro benzene ring substituents is 1. The monoisotopic (exact) mass is 437 g/mol. The van der Waals surface area contributed by atoms with Crippen LogP contribution in [0.2, 0.25) is 0 Å². The van der Waals surface area contributed by atoms with Crippen molar-refractivity contribution in [1.82, 2.24) is 10.2 Å². The molecule has 0 aliphatic carbocycles. The summed E-state index contributed by atoms with van der Waals surface area (Å²) in [5.74, 6) is -0.330. The van der Waals surface area contributed by atoms with E-state index in [1.165, 1.54) is 12.1 Å². The third-order valence-corrected chi connectivity index (χ3v) is 5.22. The van der Waals surface area contributed by atoms with Crippen LogP contribution in [0.1, 0.15) is 17.0 Å². The number of rotatable bonds is 3. The average Bonchev–Trinajstić information content (AvgIpc) is 3.11. The van der Waals surface area contributed by atoms with Crippen LogP contribution in [0.15, 0.2) is 64.5 Å². The first-order valence-corrected chi connectivity index (χ1v) is 8.95. The van der Waals surface area contributed by atoms with E-state index in [9.17, 15) is 15.4 Å². The van der Waals surface area contributed by atoms with E-state index in [4.69, 9.17) is 10.5 Å². The molecule has 3 N–H and O–H groups in total. The van der Waals surface area contributed by atoms with Crippen LogP contribution in [0.5, 0.6) is 5.88 Å². The van der Waals surface area contributed by atoms with Crippen LogP contribution in [0.25, 0.3) is 11.3 Å². The number of ether oxygens (including phenoxy) is 1. The van der Waals surface area contributed by atoms with E-state index < -0.39 is 10.8 Å². The molecule has 138 valence electrons. The van der Waals surface area contributed by atoms with Gasteiger partial charge in [0.25, 0.3) is 5.69 Å². The lowest BCUT2D eigenvalue weighted by atomic mass is 9.83. The van der Waals surface area contributed by atoms with E-state index in [-0.39, 0.29) is 23.0 Å². The summed E-state index contributed by atoms with van der Waals surface area (Å²) in [6.07, 6.45) is 0. The Bertz CT molecular complexity index is 1180. The van der Waals surface area contributed by atoms with E-state index in [0.717, 1.165) is 10.0 Å². The molecule has 1 atom stereocenters. The molecule has 9 heteroatoms. The smallest absolute Gasteiger partial charge is 0.270 e. The topological polar surface area (TPSA) is 131 Å². The molecule has 0 radical (unpaired) electrons. The standard InChI is InChI=1S/C19H12BrN5O3/c20-14-7-2-1-6-12(14)15-13(9-21)18(22)28-19-16(15)17(23-24-19)10-4-3-5-11(8-10)25(26)27/h1-8,15H,22H2,(H,23,24). The minimum atomic E-state index is -0.544. The lowest BCUT2D eigenvalue weighted by Crippen LogP contribution is -2.21. The molecule has 2 heterocycles. The normalized spacial score (nSPS) is 15.5. The van der Waals surface area contributed by atoms with Gasteiger partial charge in [-0.1, -0.05) is 46.3 Å². The van der Waals surface area contributed by atoms with E-state index in [1.54, 1.807) is 12.1 Å². The number of benzene rings is 2. The average molecular weight is 438 g/mol. The Balaban J connectivity index is 1.97. The van der Waals surface area contributed by atoms with E-state index >= 15 is 0 Å². The number of aromatic amines is 1. The molecule has 1 unspecified atom stereocenters. The third kappa shape index (κ3) is 2.80. The fraction of sp³-hybridized carbons (Fsp3) is 0.0526. The number of halogens is 1. The molecule has 0 saturated heterocycles. The van der Waals surface area contributed by atoms with Gasteiger partial charge in [-0.2, -0.15) is 5.26 Å². The zero-order valence-corrected chi connectivity index (χ0v) is 15.8. The van der Waals surface area contributed by atoms with Crippen molar-refractivity contribution in [2.75, 3.05) is 0 Å². The summed E-state index contributed by atoms with van der Waals surface area (Å²) < 4.78 is 6.34. The molecule has 0 spiro atoms. The van der Waals surface area contributed by atoms with Crippen molar-refractivity contribution in [1.29, 1.82) is 5.26 Å². The maximum atomic E-state index is 11.2. The van der Waals surface area contributed by atoms with Crippen molar-refractivity contribution in [3.8, 4) is 23.2 Å². The van der Waals surface area contributed by atoms with Gasteiger partial charge in [-0.25, -0.2) is 0 Å². The number of H-pyrrole nitrogens is 1. The van der Waals surface area contributed by atoms with E-state index in [0.29, 0.717) is 16.8 Å². The second kappa shape index (κ2) is 6.83. The molecule has 0 amide bonds. The molecular weight excluding hydrogens is 426 g/mol. The SMILES string of the molecule is N#CC1=C(N)Oc2n[nH]c(-c3cccc([N+](=O)[O-])c3)c2C1c1ccccc1Br. The van der Waals surface area contributed by atoms with Crippen LogP contribution in [0.3, 0.4) is 0 Å². The first kappa shape index (κ1) is 17.8. The zero-order chi connectivity index (χ0) is 19.8. The van der Waals surface area contributed by atoms with Crippen LogP contribution in [-0.2, 0) is 0 Å². The molecule has 3 aromatic rings. The number of non-ortho nitro benzene ring substituents is 1. The van der Waals surface area contributed by atoms with Crippen molar-refractivity contribution >= 4 is 21.6 Å². The van der Waals surface area contributed by atoms with Crippen molar-refractivity contribution in [3.05, 3.63) is 85.7 Å². The van der Waals surface area contributed by atoms with Crippen LogP contribution in [0, 0.1) is 21.4 Å². The van der Waals surface area contributed by atoms with Crippen LogP contribution in [0.4, 0.5) is 5.69 Å². The maximum absolute atomic E-state index is 11.2. The van der Waals surface area contributed by atoms with E-state index in [1.807, 2.05) is 24.3 Å². The zero-order valence-electron chi connectivity index (χ0n) is 14.2. The second-order valence-corrected chi connectivity index (χ2v) is 6.93. The van der Waals surface area contributed by atoms with Gasteiger partial charge in [0.2, 0.25) is 11.8 Å². The Morgan fingerprint density at radius 1 is 1.29 bits per heavy atom. The Labute approximate surface area is 167 Å². The summed E-state index contributed by atoms with van der Waals surface area (Å²) in [5.41, 5.74) is 8.65. The Kier molecular flexibility index (Phi) is 4.33. The van der Waals surface area contributed by atoms with Crippen LogP contribution < -0.4 is 10.5 Å². The number of nitro groups is 1. The molecule has 0 bridgehead atoms. The van der Waals surface area contributed by atoms with Gasteiger partial charge in [0.15, 0.2) is 0 Å². The lowest BCUT2D eigenvalue weighted by molar-refractivity contribution is -0.384. The summed E-state index contributed by atoms with van der Waals surface area (Å²) >= 11 is 3.53. The number of nitrogens with two attached hydrogens (primary N) is 1. The highest BCUT2D eigenvalue weighted by Crippen LogP contribution is 2.47. The first-order chi connectivity index (χ1) is 13.5. The highest BCUT2D eigenvalue weighted by Gasteiger charge is 2.36. The van der Waals surface area contributed by atoms with Gasteiger partial charge in [0, 0.05) is 22.2 Å². The van der Waals surface area contributed by atoms with Gasteiger partial charge in [-0.15, -0.1) is 5.10 Å². The van der Waals surface area contributed by atoms with Gasteiger partial charge >= 0.3 is 0 Å². The van der Waals surface area contributed by atoms with Crippen LogP contribution >= 0.6 is 15.9 Å². The minimum Gasteiger partial charge on any atom is -0.420 e. The molecule has 28 heavy (non-hydrogen) atoms. The highest BCUT2D eigenvalue weighted by atomic mass is 79.9. The number of hydrogen-bond acceptors (Lipinski definition) is 6. The first-order valence-electron chi connectivity index (χ1n) is 8.16. The van der Waals surface area contributed by atoms with Gasteiger partial charge in [-0.05, 0) is 11.6 Å². The molecule has 2 aromatic carbocycles. The molecule has 1 aliphatic heterocycles. The number of nitrogens with zero attached hydrogens (tertiary/aromatic N) is 3. The summed E-state index contributed by atoms with van der Waals surface area (Å²) in [6, 6.07) is 15.8. The minimum absolute atomic E-state index is 0.0205. The number of hydrogen-bond donors (Lipinski definition) is 2. The lowest BCUT2D eigenvalue weighted by Gasteiger charge is -2.24. The molecule has 1 aliphatic rings. The second-order valence-electron chi connectivity index (χ2n) is 6.07. The quantitative estimate of drug-likeness (QED) is 0.470. The molecule has 8 nitrogen and oxygen atoms in total. The predicted molar refractivity (Wildman–Crippen MR) is 104 cm³/mol. The summed E-state index contributed by atoms with van der Waals surface area (Å²) in [6.45, 7) is 0. The molecular formula is C19H12BrN5O3. The number of nitrogens with one attached hydrogen (secondary N) is 1. The molecule has 1 aromatic heterocycles.